The predicted octanol–water partition coefficient (Wildman–Crippen LogP) is 0.956. The Morgan fingerprint density at radius 3 is 2.50 bits per heavy atom. The molecule has 0 atom stereocenters. The van der Waals surface area contributed by atoms with Crippen LogP contribution in [-0.2, 0) is 9.59 Å². The van der Waals surface area contributed by atoms with Crippen molar-refractivity contribution in [2.45, 2.75) is 0 Å². The number of para-hydroxylation sites is 1. The molecule has 0 saturated carbocycles. The minimum Gasteiger partial charge on any atom is -0.347 e. The highest BCUT2D eigenvalue weighted by atomic mass is 35.5. The van der Waals surface area contributed by atoms with E-state index in [0.29, 0.717) is 23.8 Å². The van der Waals surface area contributed by atoms with Gasteiger partial charge in [0.05, 0.1) is 10.7 Å². The predicted molar refractivity (Wildman–Crippen MR) is 71.6 cm³/mol. The Morgan fingerprint density at radius 1 is 1.22 bits per heavy atom. The number of halogens is 1. The molecule has 2 amide bonds. The molecular weight excluding hydrogens is 254 g/mol. The van der Waals surface area contributed by atoms with Crippen LogP contribution in [0.3, 0.4) is 0 Å². The van der Waals surface area contributed by atoms with Crippen LogP contribution in [0, 0.1) is 0 Å². The lowest BCUT2D eigenvalue weighted by atomic mass is 10.3. The van der Waals surface area contributed by atoms with Gasteiger partial charge < -0.3 is 15.5 Å². The molecule has 0 aliphatic rings. The number of carbonyl (C=O) groups is 2. The van der Waals surface area contributed by atoms with Crippen molar-refractivity contribution >= 4 is 29.1 Å². The molecule has 6 heteroatoms. The van der Waals surface area contributed by atoms with E-state index in [4.69, 9.17) is 11.6 Å². The molecule has 2 N–H and O–H groups in total. The van der Waals surface area contributed by atoms with Crippen LogP contribution in [-0.4, -0.2) is 43.9 Å². The number of amides is 2. The Kier molecular flexibility index (Phi) is 5.61. The zero-order chi connectivity index (χ0) is 13.5. The second-order valence-electron chi connectivity index (χ2n) is 3.99. The largest absolute Gasteiger partial charge is 0.347 e. The topological polar surface area (TPSA) is 61.4 Å². The number of benzene rings is 1. The van der Waals surface area contributed by atoms with Gasteiger partial charge in [-0.05, 0) is 26.2 Å². The van der Waals surface area contributed by atoms with Crippen molar-refractivity contribution in [3.05, 3.63) is 29.3 Å². The first-order valence-electron chi connectivity index (χ1n) is 5.49. The van der Waals surface area contributed by atoms with Crippen molar-refractivity contribution in [1.29, 1.82) is 0 Å². The zero-order valence-electron chi connectivity index (χ0n) is 10.4. The first-order chi connectivity index (χ1) is 8.50. The molecule has 0 spiro atoms. The molecule has 1 aromatic rings. The highest BCUT2D eigenvalue weighted by molar-refractivity contribution is 6.41. The van der Waals surface area contributed by atoms with Crippen LogP contribution in [0.4, 0.5) is 5.69 Å². The fourth-order valence-corrected chi connectivity index (χ4v) is 1.40. The van der Waals surface area contributed by atoms with Crippen LogP contribution in [0.2, 0.25) is 5.02 Å². The first kappa shape index (κ1) is 14.5. The van der Waals surface area contributed by atoms with Gasteiger partial charge in [0.2, 0.25) is 0 Å². The summed E-state index contributed by atoms with van der Waals surface area (Å²) >= 11 is 5.87. The number of hydrogen-bond donors (Lipinski definition) is 2. The lowest BCUT2D eigenvalue weighted by Gasteiger charge is -2.10. The van der Waals surface area contributed by atoms with E-state index in [1.54, 1.807) is 24.3 Å². The third-order valence-electron chi connectivity index (χ3n) is 2.17. The molecule has 98 valence electrons. The summed E-state index contributed by atoms with van der Waals surface area (Å²) in [4.78, 5) is 24.9. The quantitative estimate of drug-likeness (QED) is 0.801. The van der Waals surface area contributed by atoms with Gasteiger partial charge in [-0.15, -0.1) is 0 Å². The highest BCUT2D eigenvalue weighted by Gasteiger charge is 2.14. The van der Waals surface area contributed by atoms with Gasteiger partial charge in [0.25, 0.3) is 0 Å². The van der Waals surface area contributed by atoms with Crippen molar-refractivity contribution in [1.82, 2.24) is 10.2 Å². The number of likely N-dealkylation sites (N-methyl/N-ethyl adjacent to an activating group) is 1. The molecule has 0 fully saturated rings. The van der Waals surface area contributed by atoms with Gasteiger partial charge in [-0.1, -0.05) is 23.7 Å². The first-order valence-corrected chi connectivity index (χ1v) is 5.87. The molecule has 0 aliphatic carbocycles. The van der Waals surface area contributed by atoms with Gasteiger partial charge in [0.15, 0.2) is 0 Å². The molecule has 0 aliphatic heterocycles. The summed E-state index contributed by atoms with van der Waals surface area (Å²) in [7, 11) is 3.77. The normalized spacial score (nSPS) is 10.2. The Labute approximate surface area is 111 Å². The second kappa shape index (κ2) is 6.98. The summed E-state index contributed by atoms with van der Waals surface area (Å²) in [5, 5.41) is 5.36. The van der Waals surface area contributed by atoms with Gasteiger partial charge >= 0.3 is 11.8 Å². The molecule has 1 aromatic carbocycles. The lowest BCUT2D eigenvalue weighted by Crippen LogP contribution is -2.38. The fourth-order valence-electron chi connectivity index (χ4n) is 1.21. The average Bonchev–Trinajstić information content (AvgIpc) is 2.31. The number of nitrogens with zero attached hydrogens (tertiary/aromatic N) is 1. The summed E-state index contributed by atoms with van der Waals surface area (Å²) < 4.78 is 0. The van der Waals surface area contributed by atoms with Crippen LogP contribution in [0.1, 0.15) is 0 Å². The van der Waals surface area contributed by atoms with Crippen molar-refractivity contribution in [3.63, 3.8) is 0 Å². The van der Waals surface area contributed by atoms with E-state index in [1.807, 2.05) is 19.0 Å². The summed E-state index contributed by atoms with van der Waals surface area (Å²) in [6, 6.07) is 6.75. The third-order valence-corrected chi connectivity index (χ3v) is 2.50. The van der Waals surface area contributed by atoms with E-state index in [1.165, 1.54) is 0 Å². The van der Waals surface area contributed by atoms with Gasteiger partial charge in [-0.3, -0.25) is 9.59 Å². The number of anilines is 1. The fraction of sp³-hybridized carbons (Fsp3) is 0.333. The van der Waals surface area contributed by atoms with E-state index in [-0.39, 0.29) is 0 Å². The summed E-state index contributed by atoms with van der Waals surface area (Å²) in [6.07, 6.45) is 0. The van der Waals surface area contributed by atoms with Crippen LogP contribution in [0.5, 0.6) is 0 Å². The number of hydrogen-bond acceptors (Lipinski definition) is 3. The van der Waals surface area contributed by atoms with Crippen molar-refractivity contribution in [3.8, 4) is 0 Å². The zero-order valence-corrected chi connectivity index (χ0v) is 11.1. The van der Waals surface area contributed by atoms with Crippen molar-refractivity contribution in [2.75, 3.05) is 32.5 Å². The minimum atomic E-state index is -0.721. The SMILES string of the molecule is CN(C)CCNC(=O)C(=O)Nc1ccccc1Cl. The van der Waals surface area contributed by atoms with E-state index in [9.17, 15) is 9.59 Å². The number of rotatable bonds is 4. The average molecular weight is 270 g/mol. The lowest BCUT2D eigenvalue weighted by molar-refractivity contribution is -0.136. The maximum Gasteiger partial charge on any atom is 0.313 e. The van der Waals surface area contributed by atoms with E-state index >= 15 is 0 Å². The number of carbonyl (C=O) groups excluding carboxylic acids is 2. The van der Waals surface area contributed by atoms with Crippen LogP contribution >= 0.6 is 11.6 Å². The Balaban J connectivity index is 2.46. The van der Waals surface area contributed by atoms with E-state index < -0.39 is 11.8 Å². The molecule has 18 heavy (non-hydrogen) atoms. The van der Waals surface area contributed by atoms with Crippen molar-refractivity contribution in [2.24, 2.45) is 0 Å². The van der Waals surface area contributed by atoms with Crippen molar-refractivity contribution < 1.29 is 9.59 Å². The number of nitrogens with one attached hydrogen (secondary N) is 2. The highest BCUT2D eigenvalue weighted by Crippen LogP contribution is 2.19. The Hall–Kier alpha value is -1.59. The molecular formula is C12H16ClN3O2. The molecule has 0 saturated heterocycles. The van der Waals surface area contributed by atoms with Gasteiger partial charge in [0.1, 0.15) is 0 Å². The standard InChI is InChI=1S/C12H16ClN3O2/c1-16(2)8-7-14-11(17)12(18)15-10-6-4-3-5-9(10)13/h3-6H,7-8H2,1-2H3,(H,14,17)(H,15,18). The molecule has 5 nitrogen and oxygen atoms in total. The van der Waals surface area contributed by atoms with Crippen LogP contribution < -0.4 is 10.6 Å². The van der Waals surface area contributed by atoms with Gasteiger partial charge in [0, 0.05) is 13.1 Å². The maximum absolute atomic E-state index is 11.5. The Morgan fingerprint density at radius 2 is 1.89 bits per heavy atom. The van der Waals surface area contributed by atoms with Gasteiger partial charge in [-0.25, -0.2) is 0 Å². The van der Waals surface area contributed by atoms with Gasteiger partial charge in [-0.2, -0.15) is 0 Å². The Bertz CT molecular complexity index is 435. The molecule has 0 radical (unpaired) electrons. The minimum absolute atomic E-state index is 0.395. The van der Waals surface area contributed by atoms with E-state index in [2.05, 4.69) is 10.6 Å². The summed E-state index contributed by atoms with van der Waals surface area (Å²) in [6.45, 7) is 1.09. The monoisotopic (exact) mass is 269 g/mol. The maximum atomic E-state index is 11.5. The molecule has 1 rings (SSSR count). The molecule has 0 bridgehead atoms. The summed E-state index contributed by atoms with van der Waals surface area (Å²) in [5.74, 6) is -1.39. The molecule has 0 aromatic heterocycles. The molecule has 0 unspecified atom stereocenters. The third kappa shape index (κ3) is 4.73. The molecule has 0 heterocycles. The van der Waals surface area contributed by atoms with E-state index in [0.717, 1.165) is 0 Å². The second-order valence-corrected chi connectivity index (χ2v) is 4.40. The smallest absolute Gasteiger partial charge is 0.313 e. The summed E-state index contributed by atoms with van der Waals surface area (Å²) in [5.41, 5.74) is 0.423. The van der Waals surface area contributed by atoms with Crippen LogP contribution in [0.25, 0.3) is 0 Å². The van der Waals surface area contributed by atoms with Crippen LogP contribution in [0.15, 0.2) is 24.3 Å².